The van der Waals surface area contributed by atoms with Crippen LogP contribution in [0.4, 0.5) is 0 Å². The van der Waals surface area contributed by atoms with Gasteiger partial charge in [0.2, 0.25) is 0 Å². The second-order valence-corrected chi connectivity index (χ2v) is 29.5. The van der Waals surface area contributed by atoms with E-state index in [1.807, 2.05) is 18.2 Å². The van der Waals surface area contributed by atoms with E-state index in [-0.39, 0.29) is 25.7 Å². The first-order valence-corrected chi connectivity index (χ1v) is 43.7. The van der Waals surface area contributed by atoms with E-state index in [4.69, 9.17) is 37.0 Å². The number of allylic oxidation sites excluding steroid dienone is 26. The Morgan fingerprint density at radius 3 is 0.840 bits per heavy atom. The van der Waals surface area contributed by atoms with Gasteiger partial charge in [-0.1, -0.05) is 282 Å². The first kappa shape index (κ1) is 101. The average molecular weight is 1520 g/mol. The molecular weight excluding hydrogens is 1380 g/mol. The fourth-order valence-corrected chi connectivity index (χ4v) is 11.9. The normalized spacial score (nSPS) is 14.7. The topological polar surface area (TPSA) is 237 Å². The van der Waals surface area contributed by atoms with Crippen molar-refractivity contribution in [3.05, 3.63) is 158 Å². The molecule has 0 saturated carbocycles. The molecular formula is C87H144O17P2. The monoisotopic (exact) mass is 1520 g/mol. The Labute approximate surface area is 642 Å². The zero-order chi connectivity index (χ0) is 77.4. The molecule has 0 aliphatic carbocycles. The molecule has 0 heterocycles. The highest BCUT2D eigenvalue weighted by atomic mass is 31.2. The SMILES string of the molecule is CC/C=C\C/C=C\C/C=C\C/C=C\C/C=C\C/C=C\CCC(=O)OCC(COP(=O)(O)OCC(O)COP(=O)(O)OCC(COC(=O)CCCCC/C=C\C/C=C\C/C=C\C/C=C\C/C=C\CC)OC(=O)CCCCCCC/C=C\CCCCCCCC)OC(=O)CCCCCCC/C=C\CCCCCC. The molecule has 0 aliphatic heterocycles. The van der Waals surface area contributed by atoms with Crippen molar-refractivity contribution in [3.63, 3.8) is 0 Å². The molecule has 0 aromatic heterocycles. The summed E-state index contributed by atoms with van der Waals surface area (Å²) in [5.74, 6) is -2.33. The summed E-state index contributed by atoms with van der Waals surface area (Å²) in [5, 5.41) is 10.6. The number of ether oxygens (including phenoxy) is 4. The maximum atomic E-state index is 13.1. The summed E-state index contributed by atoms with van der Waals surface area (Å²) >= 11 is 0. The third-order valence-corrected chi connectivity index (χ3v) is 18.4. The third-order valence-electron chi connectivity index (χ3n) is 16.5. The summed E-state index contributed by atoms with van der Waals surface area (Å²) in [6, 6.07) is 0. The van der Waals surface area contributed by atoms with Gasteiger partial charge in [-0.15, -0.1) is 0 Å². The number of esters is 4. The Bertz CT molecular complexity index is 2630. The standard InChI is InChI=1S/C87H144O17P2/c1-5-9-13-17-21-25-29-33-36-38-40-42-45-48-51-55-59-63-67-71-84(89)97-77-82(103-86(91)73-69-65-61-57-53-47-32-28-24-20-16-12-8-4)79-101-105(93,94)99-75-81(88)76-100-106(95,96)102-80-83(104-87(92)74-70-66-62-58-54-50-44-35-31-27-23-19-15-11-7-3)78-98-85(90)72-68-64-60-56-52-49-46-43-41-39-37-34-30-26-22-18-14-10-6-2/h9-10,13-14,21-22,25-26,28,32-37,40-44,48-49,51-52,59,63,81-83,88H,5-8,11-12,15-20,23-24,27,29-31,38-39,45-47,50,53-58,60-62,64-80H2,1-4H3,(H,93,94)(H,95,96)/b13-9-,14-10-,25-21-,26-22-,32-28-,36-33-,37-34-,42-40-,43-41-,44-35-,51-48-,52-49-,63-59-. The average Bonchev–Trinajstić information content (AvgIpc) is 0.901. The molecule has 17 nitrogen and oxygen atoms in total. The van der Waals surface area contributed by atoms with Crippen LogP contribution >= 0.6 is 15.6 Å². The molecule has 5 unspecified atom stereocenters. The van der Waals surface area contributed by atoms with Crippen molar-refractivity contribution < 1.29 is 80.2 Å². The number of rotatable bonds is 75. The van der Waals surface area contributed by atoms with Crippen LogP contribution in [0.25, 0.3) is 0 Å². The minimum Gasteiger partial charge on any atom is -0.462 e. The maximum Gasteiger partial charge on any atom is 0.472 e. The van der Waals surface area contributed by atoms with Gasteiger partial charge in [-0.25, -0.2) is 9.13 Å². The second-order valence-electron chi connectivity index (χ2n) is 26.6. The molecule has 5 atom stereocenters. The highest BCUT2D eigenvalue weighted by molar-refractivity contribution is 7.47. The molecule has 604 valence electrons. The number of carbonyl (C=O) groups is 4. The maximum absolute atomic E-state index is 13.1. The van der Waals surface area contributed by atoms with E-state index in [0.29, 0.717) is 32.1 Å². The summed E-state index contributed by atoms with van der Waals surface area (Å²) in [6.07, 6.45) is 90.9. The number of hydrogen-bond acceptors (Lipinski definition) is 15. The first-order valence-electron chi connectivity index (χ1n) is 40.7. The lowest BCUT2D eigenvalue weighted by Gasteiger charge is -2.21. The fourth-order valence-electron chi connectivity index (χ4n) is 10.3. The molecule has 0 amide bonds. The zero-order valence-corrected chi connectivity index (χ0v) is 67.8. The van der Waals surface area contributed by atoms with Crippen LogP contribution in [-0.4, -0.2) is 96.7 Å². The van der Waals surface area contributed by atoms with Gasteiger partial charge in [-0.3, -0.25) is 37.3 Å². The number of aliphatic hydroxyl groups excluding tert-OH is 1. The summed E-state index contributed by atoms with van der Waals surface area (Å²) in [7, 11) is -10.0. The molecule has 0 aliphatic rings. The van der Waals surface area contributed by atoms with E-state index in [1.54, 1.807) is 0 Å². The molecule has 0 aromatic carbocycles. The van der Waals surface area contributed by atoms with Crippen LogP contribution in [0.3, 0.4) is 0 Å². The van der Waals surface area contributed by atoms with E-state index in [2.05, 4.69) is 167 Å². The summed E-state index contributed by atoms with van der Waals surface area (Å²) in [5.41, 5.74) is 0. The van der Waals surface area contributed by atoms with Crippen molar-refractivity contribution in [1.29, 1.82) is 0 Å². The lowest BCUT2D eigenvalue weighted by Crippen LogP contribution is -2.30. The minimum atomic E-state index is -5.00. The molecule has 0 saturated heterocycles. The first-order chi connectivity index (χ1) is 51.7. The number of phosphoric acid groups is 2. The van der Waals surface area contributed by atoms with E-state index in [0.717, 1.165) is 161 Å². The van der Waals surface area contributed by atoms with Crippen molar-refractivity contribution in [1.82, 2.24) is 0 Å². The van der Waals surface area contributed by atoms with Gasteiger partial charge in [0.15, 0.2) is 12.2 Å². The van der Waals surface area contributed by atoms with Gasteiger partial charge >= 0.3 is 39.5 Å². The van der Waals surface area contributed by atoms with Crippen LogP contribution in [0, 0.1) is 0 Å². The molecule has 0 aromatic rings. The van der Waals surface area contributed by atoms with Crippen LogP contribution in [0.1, 0.15) is 310 Å². The molecule has 3 N–H and O–H groups in total. The van der Waals surface area contributed by atoms with Crippen LogP contribution in [0.15, 0.2) is 158 Å². The number of hydrogen-bond donors (Lipinski definition) is 3. The molecule has 0 spiro atoms. The van der Waals surface area contributed by atoms with Gasteiger partial charge in [0.1, 0.15) is 19.3 Å². The summed E-state index contributed by atoms with van der Waals surface area (Å²) in [6.45, 7) is 4.49. The predicted molar refractivity (Wildman–Crippen MR) is 436 cm³/mol. The van der Waals surface area contributed by atoms with Crippen LogP contribution in [0.5, 0.6) is 0 Å². The van der Waals surface area contributed by atoms with Crippen molar-refractivity contribution >= 4 is 39.5 Å². The molecule has 0 fully saturated rings. The molecule has 106 heavy (non-hydrogen) atoms. The quantitative estimate of drug-likeness (QED) is 0.0169. The van der Waals surface area contributed by atoms with E-state index in [9.17, 15) is 43.2 Å². The minimum absolute atomic E-state index is 0.0300. The lowest BCUT2D eigenvalue weighted by molar-refractivity contribution is -0.161. The third kappa shape index (κ3) is 76.9. The molecule has 19 heteroatoms. The number of aliphatic hydroxyl groups is 1. The van der Waals surface area contributed by atoms with Crippen LogP contribution < -0.4 is 0 Å². The highest BCUT2D eigenvalue weighted by Crippen LogP contribution is 2.45. The lowest BCUT2D eigenvalue weighted by atomic mass is 10.1. The van der Waals surface area contributed by atoms with E-state index in [1.165, 1.54) is 64.2 Å². The molecule has 0 rings (SSSR count). The van der Waals surface area contributed by atoms with Crippen molar-refractivity contribution in [2.75, 3.05) is 39.6 Å². The Hall–Kier alpha value is -5.32. The van der Waals surface area contributed by atoms with E-state index >= 15 is 0 Å². The largest absolute Gasteiger partial charge is 0.472 e. The zero-order valence-electron chi connectivity index (χ0n) is 66.1. The van der Waals surface area contributed by atoms with Crippen LogP contribution in [0.2, 0.25) is 0 Å². The summed E-state index contributed by atoms with van der Waals surface area (Å²) in [4.78, 5) is 73.0. The van der Waals surface area contributed by atoms with Crippen LogP contribution in [-0.2, 0) is 65.4 Å². The van der Waals surface area contributed by atoms with Crippen molar-refractivity contribution in [2.45, 2.75) is 329 Å². The Balaban J connectivity index is 5.46. The Kier molecular flexibility index (Phi) is 73.9. The van der Waals surface area contributed by atoms with Gasteiger partial charge in [0.05, 0.1) is 26.4 Å². The second kappa shape index (κ2) is 77.8. The molecule has 0 bridgehead atoms. The van der Waals surface area contributed by atoms with Gasteiger partial charge in [-0.2, -0.15) is 0 Å². The van der Waals surface area contributed by atoms with E-state index < -0.39 is 97.5 Å². The van der Waals surface area contributed by atoms with Gasteiger partial charge < -0.3 is 33.8 Å². The van der Waals surface area contributed by atoms with Crippen molar-refractivity contribution in [3.8, 4) is 0 Å². The summed E-state index contributed by atoms with van der Waals surface area (Å²) < 4.78 is 68.5. The van der Waals surface area contributed by atoms with Gasteiger partial charge in [0, 0.05) is 25.7 Å². The Morgan fingerprint density at radius 1 is 0.274 bits per heavy atom. The van der Waals surface area contributed by atoms with Gasteiger partial charge in [0.25, 0.3) is 0 Å². The predicted octanol–water partition coefficient (Wildman–Crippen LogP) is 24.0. The van der Waals surface area contributed by atoms with Gasteiger partial charge in [-0.05, 0) is 161 Å². The fraction of sp³-hybridized carbons (Fsp3) is 0.655. The Morgan fingerprint density at radius 2 is 0.509 bits per heavy atom. The molecule has 0 radical (unpaired) electrons. The number of unbranched alkanes of at least 4 members (excludes halogenated alkanes) is 23. The number of phosphoric ester groups is 2. The number of carbonyl (C=O) groups excluding carboxylic acids is 4. The van der Waals surface area contributed by atoms with Crippen molar-refractivity contribution in [2.24, 2.45) is 0 Å². The highest BCUT2D eigenvalue weighted by Gasteiger charge is 2.30. The smallest absolute Gasteiger partial charge is 0.462 e.